The fourth-order valence-corrected chi connectivity index (χ4v) is 4.19. The molecule has 0 bridgehead atoms. The van der Waals surface area contributed by atoms with Crippen LogP contribution in [0.25, 0.3) is 11.3 Å². The van der Waals surface area contributed by atoms with Crippen LogP contribution >= 0.6 is 0 Å². The number of benzene rings is 1. The molecule has 0 N–H and O–H groups in total. The Kier molecular flexibility index (Phi) is 5.67. The number of fused-ring (bicyclic) bond motifs is 1. The Morgan fingerprint density at radius 3 is 2.10 bits per heavy atom. The number of Topliss-reactive ketones (excluding diaryl/α,β-unsaturated/α-hetero) is 1. The van der Waals surface area contributed by atoms with Gasteiger partial charge in [-0.25, -0.2) is 0 Å². The summed E-state index contributed by atoms with van der Waals surface area (Å²) < 4.78 is 50.3. The molecule has 0 saturated heterocycles. The van der Waals surface area contributed by atoms with Crippen LogP contribution in [-0.2, 0) is 16.3 Å². The molecule has 1 aromatic heterocycles. The Morgan fingerprint density at radius 1 is 1.03 bits per heavy atom. The molecule has 1 heterocycles. The van der Waals surface area contributed by atoms with Crippen LogP contribution in [0.5, 0.6) is 0 Å². The lowest BCUT2D eigenvalue weighted by atomic mass is 9.69. The minimum absolute atomic E-state index is 0.0213. The van der Waals surface area contributed by atoms with Gasteiger partial charge in [0.1, 0.15) is 22.8 Å². The smallest absolute Gasteiger partial charge is 0.416 e. The fraction of sp³-hybridized carbons (Fsp3) is 0.391. The molecule has 0 atom stereocenters. The Hall–Kier alpha value is -2.83. The van der Waals surface area contributed by atoms with Crippen LogP contribution in [0.15, 0.2) is 50.9 Å². The highest BCUT2D eigenvalue weighted by atomic mass is 19.4. The van der Waals surface area contributed by atoms with Gasteiger partial charge in [-0.05, 0) is 31.4 Å². The zero-order valence-corrected chi connectivity index (χ0v) is 17.3. The van der Waals surface area contributed by atoms with Crippen LogP contribution in [0.2, 0.25) is 0 Å². The topological polar surface area (TPSA) is 56.5 Å². The molecular weight excluding hydrogens is 397 g/mol. The zero-order chi connectivity index (χ0) is 22.3. The van der Waals surface area contributed by atoms with Gasteiger partial charge in [0, 0.05) is 17.2 Å². The largest absolute Gasteiger partial charge is 0.500 e. The highest BCUT2D eigenvalue weighted by molar-refractivity contribution is 6.11. The summed E-state index contributed by atoms with van der Waals surface area (Å²) in [6, 6.07) is 5.54. The molecule has 0 saturated carbocycles. The summed E-state index contributed by atoms with van der Waals surface area (Å²) in [6.45, 7) is 5.66. The van der Waals surface area contributed by atoms with Crippen molar-refractivity contribution >= 4 is 5.78 Å². The van der Waals surface area contributed by atoms with E-state index >= 15 is 0 Å². The van der Waals surface area contributed by atoms with E-state index in [9.17, 15) is 22.8 Å². The summed E-state index contributed by atoms with van der Waals surface area (Å²) in [5, 5.41) is 0. The van der Waals surface area contributed by atoms with Gasteiger partial charge in [-0.2, -0.15) is 13.2 Å². The Labute approximate surface area is 172 Å². The normalized spacial score (nSPS) is 15.9. The van der Waals surface area contributed by atoms with E-state index < -0.39 is 28.4 Å². The van der Waals surface area contributed by atoms with Gasteiger partial charge in [-0.15, -0.1) is 0 Å². The maximum absolute atomic E-state index is 13.0. The first-order valence-electron chi connectivity index (χ1n) is 9.83. The molecule has 0 unspecified atom stereocenters. The highest BCUT2D eigenvalue weighted by Gasteiger charge is 2.47. The molecule has 4 nitrogen and oxygen atoms in total. The summed E-state index contributed by atoms with van der Waals surface area (Å²) in [6.07, 6.45) is -3.01. The van der Waals surface area contributed by atoms with E-state index in [2.05, 4.69) is 0 Å². The number of ether oxygens (including phenoxy) is 1. The molecule has 0 fully saturated rings. The third kappa shape index (κ3) is 3.26. The van der Waals surface area contributed by atoms with Crippen molar-refractivity contribution in [3.63, 3.8) is 0 Å². The molecule has 160 valence electrons. The van der Waals surface area contributed by atoms with Gasteiger partial charge in [0.15, 0.2) is 11.2 Å². The molecule has 0 spiro atoms. The second-order valence-corrected chi connectivity index (χ2v) is 7.24. The summed E-state index contributed by atoms with van der Waals surface area (Å²) in [7, 11) is 1.49. The fourth-order valence-electron chi connectivity index (χ4n) is 4.19. The number of alkyl halides is 3. The molecule has 0 amide bonds. The summed E-state index contributed by atoms with van der Waals surface area (Å²) in [5.41, 5.74) is -1.36. The van der Waals surface area contributed by atoms with Gasteiger partial charge in [-0.1, -0.05) is 32.9 Å². The SMILES string of the molecule is CCC1=C(OC)C(CC)(CC)c2oc(-c3ccc(C(F)(F)F)cc3)cc(=O)c2C1=O. The number of ketones is 1. The average molecular weight is 420 g/mol. The number of carbonyl (C=O) groups is 1. The van der Waals surface area contributed by atoms with Gasteiger partial charge in [-0.3, -0.25) is 9.59 Å². The van der Waals surface area contributed by atoms with Gasteiger partial charge >= 0.3 is 6.18 Å². The van der Waals surface area contributed by atoms with Crippen LogP contribution < -0.4 is 5.43 Å². The number of hydrogen-bond acceptors (Lipinski definition) is 4. The maximum Gasteiger partial charge on any atom is 0.416 e. The highest BCUT2D eigenvalue weighted by Crippen LogP contribution is 2.47. The number of methoxy groups -OCH3 is 1. The Bertz CT molecular complexity index is 1060. The lowest BCUT2D eigenvalue weighted by molar-refractivity contribution is -0.137. The lowest BCUT2D eigenvalue weighted by Crippen LogP contribution is -2.39. The monoisotopic (exact) mass is 420 g/mol. The quantitative estimate of drug-likeness (QED) is 0.605. The second kappa shape index (κ2) is 7.78. The number of halogens is 3. The van der Waals surface area contributed by atoms with Crippen molar-refractivity contribution in [2.75, 3.05) is 7.11 Å². The van der Waals surface area contributed by atoms with Gasteiger partial charge in [0.2, 0.25) is 0 Å². The first kappa shape index (κ1) is 21.9. The molecule has 0 aliphatic heterocycles. The van der Waals surface area contributed by atoms with Gasteiger partial charge < -0.3 is 9.15 Å². The van der Waals surface area contributed by atoms with E-state index in [0.29, 0.717) is 36.2 Å². The average Bonchev–Trinajstić information content (AvgIpc) is 2.72. The molecule has 1 aromatic carbocycles. The van der Waals surface area contributed by atoms with E-state index in [-0.39, 0.29) is 17.1 Å². The lowest BCUT2D eigenvalue weighted by Gasteiger charge is -2.37. The van der Waals surface area contributed by atoms with Crippen molar-refractivity contribution in [3.05, 3.63) is 68.8 Å². The van der Waals surface area contributed by atoms with Gasteiger partial charge in [0.25, 0.3) is 0 Å². The molecule has 30 heavy (non-hydrogen) atoms. The standard InChI is InChI=1S/C23H23F3O4/c1-5-15-19(28)18-16(27)12-17(13-8-10-14(11-9-13)23(24,25)26)30-21(18)22(6-2,7-3)20(15)29-4/h8-12H,5-7H2,1-4H3. The number of hydrogen-bond donors (Lipinski definition) is 0. The predicted molar refractivity (Wildman–Crippen MR) is 106 cm³/mol. The first-order chi connectivity index (χ1) is 14.1. The van der Waals surface area contributed by atoms with E-state index in [1.165, 1.54) is 25.3 Å². The summed E-state index contributed by atoms with van der Waals surface area (Å²) >= 11 is 0. The second-order valence-electron chi connectivity index (χ2n) is 7.24. The molecule has 1 aliphatic rings. The van der Waals surface area contributed by atoms with Crippen molar-refractivity contribution in [2.24, 2.45) is 0 Å². The van der Waals surface area contributed by atoms with Crippen LogP contribution in [0.4, 0.5) is 13.2 Å². The van der Waals surface area contributed by atoms with Crippen LogP contribution in [-0.4, -0.2) is 12.9 Å². The van der Waals surface area contributed by atoms with Crippen molar-refractivity contribution in [3.8, 4) is 11.3 Å². The summed E-state index contributed by atoms with van der Waals surface area (Å²) in [5.74, 6) is 0.394. The Balaban J connectivity index is 2.26. The van der Waals surface area contributed by atoms with Crippen molar-refractivity contribution < 1.29 is 27.1 Å². The minimum atomic E-state index is -4.46. The predicted octanol–water partition coefficient (Wildman–Crippen LogP) is 5.89. The molecule has 1 aliphatic carbocycles. The van der Waals surface area contributed by atoms with E-state index in [0.717, 1.165) is 12.1 Å². The van der Waals surface area contributed by atoms with Crippen LogP contribution in [0.1, 0.15) is 61.7 Å². The maximum atomic E-state index is 13.0. The number of carbonyl (C=O) groups excluding carboxylic acids is 1. The van der Waals surface area contributed by atoms with Crippen molar-refractivity contribution in [1.29, 1.82) is 0 Å². The molecule has 7 heteroatoms. The molecule has 3 rings (SSSR count). The number of rotatable bonds is 5. The molecular formula is C23H23F3O4. The first-order valence-corrected chi connectivity index (χ1v) is 9.83. The van der Waals surface area contributed by atoms with Crippen LogP contribution in [0, 0.1) is 0 Å². The van der Waals surface area contributed by atoms with Crippen LogP contribution in [0.3, 0.4) is 0 Å². The number of allylic oxidation sites excluding steroid dienone is 2. The third-order valence-corrected chi connectivity index (χ3v) is 5.85. The van der Waals surface area contributed by atoms with E-state index in [4.69, 9.17) is 9.15 Å². The van der Waals surface area contributed by atoms with Crippen molar-refractivity contribution in [2.45, 2.75) is 51.6 Å². The van der Waals surface area contributed by atoms with Gasteiger partial charge in [0.05, 0.1) is 18.1 Å². The zero-order valence-electron chi connectivity index (χ0n) is 17.3. The van der Waals surface area contributed by atoms with Crippen molar-refractivity contribution in [1.82, 2.24) is 0 Å². The van der Waals surface area contributed by atoms with E-state index in [1.54, 1.807) is 0 Å². The minimum Gasteiger partial charge on any atom is -0.500 e. The molecule has 0 radical (unpaired) electrons. The third-order valence-electron chi connectivity index (χ3n) is 5.85. The van der Waals surface area contributed by atoms with E-state index in [1.807, 2.05) is 20.8 Å². The Morgan fingerprint density at radius 2 is 1.63 bits per heavy atom. The molecule has 2 aromatic rings. The summed E-state index contributed by atoms with van der Waals surface area (Å²) in [4.78, 5) is 26.0.